The molecule has 0 aromatic rings. The quantitative estimate of drug-likeness (QED) is 0.280. The van der Waals surface area contributed by atoms with E-state index in [1.165, 1.54) is 6.04 Å². The van der Waals surface area contributed by atoms with Crippen LogP contribution in [0.25, 0.3) is 0 Å². The third-order valence-electron chi connectivity index (χ3n) is 1.83. The van der Waals surface area contributed by atoms with Crippen molar-refractivity contribution in [3.63, 3.8) is 0 Å². The van der Waals surface area contributed by atoms with Gasteiger partial charge in [-0.1, -0.05) is 26.6 Å². The van der Waals surface area contributed by atoms with Gasteiger partial charge in [-0.15, -0.1) is 11.6 Å². The normalized spacial score (nSPS) is 14.4. The fourth-order valence-corrected chi connectivity index (χ4v) is 1.64. The molecule has 0 aromatic carbocycles. The summed E-state index contributed by atoms with van der Waals surface area (Å²) in [6, 6.07) is 1.20. The minimum absolute atomic E-state index is 0.408. The molecule has 0 spiro atoms. The van der Waals surface area contributed by atoms with E-state index in [0.717, 1.165) is 6.61 Å². The molecule has 86 valence electrons. The number of halogens is 1. The van der Waals surface area contributed by atoms with Gasteiger partial charge in [0.1, 0.15) is 6.79 Å². The molecule has 0 rings (SSSR count). The SMILES string of the molecule is C[C@@H](CCl)COCOCC[Si](C)(C)C. The van der Waals surface area contributed by atoms with Gasteiger partial charge >= 0.3 is 0 Å². The second-order valence-corrected chi connectivity index (χ2v) is 10.9. The fraction of sp³-hybridized carbons (Fsp3) is 1.00. The van der Waals surface area contributed by atoms with E-state index in [0.29, 0.717) is 25.2 Å². The summed E-state index contributed by atoms with van der Waals surface area (Å²) in [7, 11) is -0.948. The third kappa shape index (κ3) is 10.5. The molecule has 0 saturated carbocycles. The van der Waals surface area contributed by atoms with Crippen molar-refractivity contribution in [3.8, 4) is 0 Å². The lowest BCUT2D eigenvalue weighted by atomic mass is 10.2. The van der Waals surface area contributed by atoms with E-state index in [-0.39, 0.29) is 0 Å². The lowest BCUT2D eigenvalue weighted by molar-refractivity contribution is -0.0571. The van der Waals surface area contributed by atoms with Crippen LogP contribution in [0.15, 0.2) is 0 Å². The molecule has 0 aromatic heterocycles. The first kappa shape index (κ1) is 14.4. The predicted molar refractivity (Wildman–Crippen MR) is 64.8 cm³/mol. The molecule has 0 heterocycles. The zero-order valence-corrected chi connectivity index (χ0v) is 11.6. The maximum absolute atomic E-state index is 5.64. The van der Waals surface area contributed by atoms with E-state index < -0.39 is 8.07 Å². The highest BCUT2D eigenvalue weighted by Gasteiger charge is 2.11. The Morgan fingerprint density at radius 3 is 2.36 bits per heavy atom. The summed E-state index contributed by atoms with van der Waals surface area (Å²) in [6.07, 6.45) is 0. The number of hydrogen-bond donors (Lipinski definition) is 0. The summed E-state index contributed by atoms with van der Waals surface area (Å²) in [5, 5.41) is 0. The molecule has 0 bridgehead atoms. The van der Waals surface area contributed by atoms with Crippen LogP contribution < -0.4 is 0 Å². The standard InChI is InChI=1S/C10H23ClO2Si/c1-10(7-11)8-13-9-12-5-6-14(2,3)4/h10H,5-9H2,1-4H3/t10-/m0/s1. The molecule has 0 fully saturated rings. The van der Waals surface area contributed by atoms with Crippen LogP contribution in [0.4, 0.5) is 0 Å². The van der Waals surface area contributed by atoms with Gasteiger partial charge in [0.25, 0.3) is 0 Å². The van der Waals surface area contributed by atoms with Crippen LogP contribution in [0.1, 0.15) is 6.92 Å². The summed E-state index contributed by atoms with van der Waals surface area (Å²) < 4.78 is 10.7. The highest BCUT2D eigenvalue weighted by atomic mass is 35.5. The van der Waals surface area contributed by atoms with E-state index in [1.807, 2.05) is 0 Å². The van der Waals surface area contributed by atoms with Crippen molar-refractivity contribution >= 4 is 19.7 Å². The van der Waals surface area contributed by atoms with Crippen molar-refractivity contribution in [1.82, 2.24) is 0 Å². The summed E-state index contributed by atoms with van der Waals surface area (Å²) in [4.78, 5) is 0. The Morgan fingerprint density at radius 2 is 1.86 bits per heavy atom. The van der Waals surface area contributed by atoms with E-state index in [1.54, 1.807) is 0 Å². The van der Waals surface area contributed by atoms with Crippen molar-refractivity contribution in [2.45, 2.75) is 32.6 Å². The highest BCUT2D eigenvalue weighted by molar-refractivity contribution is 6.76. The van der Waals surface area contributed by atoms with Crippen molar-refractivity contribution in [2.75, 3.05) is 25.9 Å². The molecule has 0 N–H and O–H groups in total. The van der Waals surface area contributed by atoms with Crippen LogP contribution in [0.2, 0.25) is 25.7 Å². The summed E-state index contributed by atoms with van der Waals surface area (Å²) in [5.41, 5.74) is 0. The molecule has 0 saturated heterocycles. The molecule has 0 radical (unpaired) electrons. The van der Waals surface area contributed by atoms with Gasteiger partial charge in [-0.3, -0.25) is 0 Å². The average Bonchev–Trinajstić information content (AvgIpc) is 2.08. The molecule has 0 aliphatic heterocycles. The maximum Gasteiger partial charge on any atom is 0.146 e. The second-order valence-electron chi connectivity index (χ2n) is 4.97. The van der Waals surface area contributed by atoms with Crippen LogP contribution in [-0.4, -0.2) is 34.0 Å². The Kier molecular flexibility index (Phi) is 7.92. The molecule has 0 unspecified atom stereocenters. The van der Waals surface area contributed by atoms with E-state index in [4.69, 9.17) is 21.1 Å². The number of hydrogen-bond acceptors (Lipinski definition) is 2. The first-order valence-corrected chi connectivity index (χ1v) is 9.41. The first-order valence-electron chi connectivity index (χ1n) is 5.17. The van der Waals surface area contributed by atoms with Gasteiger partial charge in [-0.2, -0.15) is 0 Å². The number of alkyl halides is 1. The molecule has 2 nitrogen and oxygen atoms in total. The van der Waals surface area contributed by atoms with E-state index >= 15 is 0 Å². The van der Waals surface area contributed by atoms with E-state index in [2.05, 4.69) is 26.6 Å². The average molecular weight is 239 g/mol. The maximum atomic E-state index is 5.64. The smallest absolute Gasteiger partial charge is 0.146 e. The molecular weight excluding hydrogens is 216 g/mol. The zero-order chi connectivity index (χ0) is 11.0. The lowest BCUT2D eigenvalue weighted by Crippen LogP contribution is -2.22. The molecule has 1 atom stereocenters. The van der Waals surface area contributed by atoms with Crippen molar-refractivity contribution in [1.29, 1.82) is 0 Å². The zero-order valence-electron chi connectivity index (χ0n) is 9.81. The molecule has 4 heteroatoms. The van der Waals surface area contributed by atoms with Crippen LogP contribution in [0, 0.1) is 5.92 Å². The molecule has 0 aliphatic rings. The van der Waals surface area contributed by atoms with Crippen LogP contribution in [0.5, 0.6) is 0 Å². The largest absolute Gasteiger partial charge is 0.356 e. The van der Waals surface area contributed by atoms with Gasteiger partial charge < -0.3 is 9.47 Å². The summed E-state index contributed by atoms with van der Waals surface area (Å²) in [6.45, 7) is 11.0. The summed E-state index contributed by atoms with van der Waals surface area (Å²) in [5.74, 6) is 1.06. The first-order chi connectivity index (χ1) is 6.45. The van der Waals surface area contributed by atoms with Gasteiger partial charge in [-0.25, -0.2) is 0 Å². The monoisotopic (exact) mass is 238 g/mol. The molecular formula is C10H23ClO2Si. The Bertz CT molecular complexity index is 137. The van der Waals surface area contributed by atoms with Crippen molar-refractivity contribution < 1.29 is 9.47 Å². The van der Waals surface area contributed by atoms with E-state index in [9.17, 15) is 0 Å². The van der Waals surface area contributed by atoms with Gasteiger partial charge in [0.2, 0.25) is 0 Å². The van der Waals surface area contributed by atoms with Gasteiger partial charge in [0.15, 0.2) is 0 Å². The van der Waals surface area contributed by atoms with Crippen LogP contribution in [0.3, 0.4) is 0 Å². The molecule has 0 amide bonds. The fourth-order valence-electron chi connectivity index (χ4n) is 0.790. The molecule has 14 heavy (non-hydrogen) atoms. The van der Waals surface area contributed by atoms with Crippen LogP contribution >= 0.6 is 11.6 Å². The van der Waals surface area contributed by atoms with Gasteiger partial charge in [-0.05, 0) is 12.0 Å². The van der Waals surface area contributed by atoms with Gasteiger partial charge in [0.05, 0.1) is 6.61 Å². The van der Waals surface area contributed by atoms with Gasteiger partial charge in [0, 0.05) is 20.6 Å². The topological polar surface area (TPSA) is 18.5 Å². The van der Waals surface area contributed by atoms with Crippen molar-refractivity contribution in [3.05, 3.63) is 0 Å². The molecule has 0 aliphatic carbocycles. The summed E-state index contributed by atoms with van der Waals surface area (Å²) >= 11 is 5.64. The Morgan fingerprint density at radius 1 is 1.21 bits per heavy atom. The van der Waals surface area contributed by atoms with Crippen LogP contribution in [-0.2, 0) is 9.47 Å². The van der Waals surface area contributed by atoms with Crippen molar-refractivity contribution in [2.24, 2.45) is 5.92 Å². The predicted octanol–water partition coefficient (Wildman–Crippen LogP) is 3.19. The minimum Gasteiger partial charge on any atom is -0.356 e. The number of ether oxygens (including phenoxy) is 2. The Hall–Kier alpha value is 0.427. The highest BCUT2D eigenvalue weighted by Crippen LogP contribution is 2.07. The third-order valence-corrected chi connectivity index (χ3v) is 4.06. The Labute approximate surface area is 93.9 Å². The number of rotatable bonds is 8. The second kappa shape index (κ2) is 7.68. The Balaban J connectivity index is 3.14. The minimum atomic E-state index is -0.948. The lowest BCUT2D eigenvalue weighted by Gasteiger charge is -2.15.